The molecule has 0 bridgehead atoms. The number of nitrogens with zero attached hydrogens (tertiary/aromatic N) is 3. The van der Waals surface area contributed by atoms with Gasteiger partial charge in [0, 0.05) is 36.4 Å². The molecular weight excluding hydrogens is 400 g/mol. The molecule has 1 aromatic heterocycles. The molecule has 1 fully saturated rings. The van der Waals surface area contributed by atoms with Crippen LogP contribution >= 0.6 is 0 Å². The van der Waals surface area contributed by atoms with Crippen LogP contribution in [0.3, 0.4) is 0 Å². The number of hydrogen-bond acceptors (Lipinski definition) is 3. The van der Waals surface area contributed by atoms with Crippen molar-refractivity contribution in [1.82, 2.24) is 14.9 Å². The highest BCUT2D eigenvalue weighted by molar-refractivity contribution is 5.98. The van der Waals surface area contributed by atoms with E-state index in [0.29, 0.717) is 18.5 Å². The van der Waals surface area contributed by atoms with Crippen LogP contribution in [0.4, 0.5) is 5.69 Å². The van der Waals surface area contributed by atoms with Crippen molar-refractivity contribution < 1.29 is 9.59 Å². The fourth-order valence-corrected chi connectivity index (χ4v) is 4.24. The average molecular weight is 425 g/mol. The lowest BCUT2D eigenvalue weighted by atomic mass is 10.1. The number of nitrogens with one attached hydrogen (secondary N) is 1. The lowest BCUT2D eigenvalue weighted by Gasteiger charge is -2.16. The minimum atomic E-state index is -0.141. The van der Waals surface area contributed by atoms with E-state index in [2.05, 4.69) is 14.9 Å². The molecule has 6 nitrogen and oxygen atoms in total. The Kier molecular flexibility index (Phi) is 5.19. The molecule has 6 heteroatoms. The van der Waals surface area contributed by atoms with Crippen molar-refractivity contribution in [3.05, 3.63) is 89.7 Å². The summed E-state index contributed by atoms with van der Waals surface area (Å²) in [6.07, 6.45) is 1.52. The number of hydrogen-bond donors (Lipinski definition) is 1. The number of anilines is 1. The van der Waals surface area contributed by atoms with Gasteiger partial charge in [-0.05, 0) is 61.4 Å². The molecule has 2 amide bonds. The van der Waals surface area contributed by atoms with Crippen molar-refractivity contribution in [3.8, 4) is 5.69 Å². The van der Waals surface area contributed by atoms with Crippen LogP contribution in [-0.4, -0.2) is 27.9 Å². The van der Waals surface area contributed by atoms with E-state index < -0.39 is 0 Å². The maximum atomic E-state index is 12.7. The third-order valence-electron chi connectivity index (χ3n) is 5.87. The molecule has 1 aliphatic rings. The van der Waals surface area contributed by atoms with Gasteiger partial charge in [-0.15, -0.1) is 0 Å². The number of para-hydroxylation sites is 1. The van der Waals surface area contributed by atoms with Crippen LogP contribution in [0.2, 0.25) is 0 Å². The van der Waals surface area contributed by atoms with Crippen molar-refractivity contribution >= 4 is 28.5 Å². The first-order chi connectivity index (χ1) is 15.6. The zero-order chi connectivity index (χ0) is 22.1. The van der Waals surface area contributed by atoms with Crippen molar-refractivity contribution in [2.45, 2.75) is 26.3 Å². The summed E-state index contributed by atoms with van der Waals surface area (Å²) in [7, 11) is 0. The van der Waals surface area contributed by atoms with E-state index in [1.807, 2.05) is 84.6 Å². The largest absolute Gasteiger partial charge is 0.348 e. The number of imidazole rings is 1. The molecule has 1 N–H and O–H groups in total. The molecule has 1 aliphatic heterocycles. The summed E-state index contributed by atoms with van der Waals surface area (Å²) >= 11 is 0. The number of aryl methyl sites for hydroxylation is 1. The number of benzene rings is 3. The lowest BCUT2D eigenvalue weighted by molar-refractivity contribution is -0.117. The fraction of sp³-hybridized carbons (Fsp3) is 0.192. The summed E-state index contributed by atoms with van der Waals surface area (Å²) in [6, 6.07) is 23.5. The number of rotatable bonds is 5. The molecule has 0 radical (unpaired) electrons. The van der Waals surface area contributed by atoms with Crippen LogP contribution in [0.25, 0.3) is 16.7 Å². The summed E-state index contributed by atoms with van der Waals surface area (Å²) in [6.45, 7) is 3.16. The van der Waals surface area contributed by atoms with Gasteiger partial charge in [0.1, 0.15) is 5.82 Å². The Balaban J connectivity index is 1.29. The minimum absolute atomic E-state index is 0.141. The van der Waals surface area contributed by atoms with E-state index in [-0.39, 0.29) is 11.8 Å². The highest BCUT2D eigenvalue weighted by atomic mass is 16.2. The van der Waals surface area contributed by atoms with Gasteiger partial charge in [-0.3, -0.25) is 14.2 Å². The van der Waals surface area contributed by atoms with Gasteiger partial charge in [0.05, 0.1) is 11.0 Å². The zero-order valence-corrected chi connectivity index (χ0v) is 17.9. The van der Waals surface area contributed by atoms with Gasteiger partial charge in [0.25, 0.3) is 5.91 Å². The molecule has 0 saturated carbocycles. The summed E-state index contributed by atoms with van der Waals surface area (Å²) in [4.78, 5) is 31.1. The number of aromatic nitrogens is 2. The topological polar surface area (TPSA) is 67.2 Å². The smallest absolute Gasteiger partial charge is 0.251 e. The fourth-order valence-electron chi connectivity index (χ4n) is 4.24. The van der Waals surface area contributed by atoms with E-state index in [1.54, 1.807) is 0 Å². The van der Waals surface area contributed by atoms with Crippen molar-refractivity contribution in [2.75, 3.05) is 11.4 Å². The molecule has 0 spiro atoms. The summed E-state index contributed by atoms with van der Waals surface area (Å²) < 4.78 is 2.09. The van der Waals surface area contributed by atoms with E-state index in [1.165, 1.54) is 0 Å². The van der Waals surface area contributed by atoms with Crippen molar-refractivity contribution in [2.24, 2.45) is 0 Å². The SMILES string of the molecule is Cc1nc2cc(C(=O)NCc3ccc(N4CCCC4=O)cc3)ccc2n1-c1ccccc1. The number of carbonyl (C=O) groups excluding carboxylic acids is 2. The Labute approximate surface area is 186 Å². The van der Waals surface area contributed by atoms with Crippen LogP contribution in [0.5, 0.6) is 0 Å². The molecule has 2 heterocycles. The molecule has 1 saturated heterocycles. The van der Waals surface area contributed by atoms with Crippen LogP contribution < -0.4 is 10.2 Å². The Hall–Kier alpha value is -3.93. The van der Waals surface area contributed by atoms with E-state index >= 15 is 0 Å². The van der Waals surface area contributed by atoms with Gasteiger partial charge in [-0.25, -0.2) is 4.98 Å². The van der Waals surface area contributed by atoms with E-state index in [4.69, 9.17) is 0 Å². The average Bonchev–Trinajstić information content (AvgIpc) is 3.39. The second kappa shape index (κ2) is 8.30. The van der Waals surface area contributed by atoms with Crippen LogP contribution in [0.15, 0.2) is 72.8 Å². The van der Waals surface area contributed by atoms with Gasteiger partial charge in [-0.1, -0.05) is 30.3 Å². The zero-order valence-electron chi connectivity index (χ0n) is 17.9. The molecule has 32 heavy (non-hydrogen) atoms. The molecule has 160 valence electrons. The normalized spacial score (nSPS) is 13.7. The van der Waals surface area contributed by atoms with Gasteiger partial charge in [0.15, 0.2) is 0 Å². The van der Waals surface area contributed by atoms with Gasteiger partial charge in [-0.2, -0.15) is 0 Å². The second-order valence-electron chi connectivity index (χ2n) is 8.03. The first-order valence-corrected chi connectivity index (χ1v) is 10.8. The van der Waals surface area contributed by atoms with E-state index in [9.17, 15) is 9.59 Å². The molecule has 0 unspecified atom stereocenters. The molecule has 4 aromatic rings. The predicted octanol–water partition coefficient (Wildman–Crippen LogP) is 4.39. The Bertz CT molecular complexity index is 1290. The van der Waals surface area contributed by atoms with Crippen LogP contribution in [0.1, 0.15) is 34.6 Å². The van der Waals surface area contributed by atoms with Gasteiger partial charge >= 0.3 is 0 Å². The van der Waals surface area contributed by atoms with E-state index in [0.717, 1.165) is 46.8 Å². The highest BCUT2D eigenvalue weighted by Crippen LogP contribution is 2.23. The van der Waals surface area contributed by atoms with Gasteiger partial charge in [0.2, 0.25) is 5.91 Å². The Morgan fingerprint density at radius 3 is 2.50 bits per heavy atom. The number of amides is 2. The molecule has 3 aromatic carbocycles. The monoisotopic (exact) mass is 424 g/mol. The lowest BCUT2D eigenvalue weighted by Crippen LogP contribution is -2.24. The maximum absolute atomic E-state index is 12.7. The molecular formula is C26H24N4O2. The predicted molar refractivity (Wildman–Crippen MR) is 125 cm³/mol. The minimum Gasteiger partial charge on any atom is -0.348 e. The third kappa shape index (κ3) is 3.75. The molecule has 0 atom stereocenters. The third-order valence-corrected chi connectivity index (χ3v) is 5.87. The first kappa shape index (κ1) is 20.0. The standard InChI is InChI=1S/C26H24N4O2/c1-18-28-23-16-20(11-14-24(23)30(18)22-6-3-2-4-7-22)26(32)27-17-19-9-12-21(13-10-19)29-15-5-8-25(29)31/h2-4,6-7,9-14,16H,5,8,15,17H2,1H3,(H,27,32). The number of carbonyl (C=O) groups is 2. The highest BCUT2D eigenvalue weighted by Gasteiger charge is 2.21. The quantitative estimate of drug-likeness (QED) is 0.517. The van der Waals surface area contributed by atoms with Crippen molar-refractivity contribution in [1.29, 1.82) is 0 Å². The maximum Gasteiger partial charge on any atom is 0.251 e. The summed E-state index contributed by atoms with van der Waals surface area (Å²) in [5.41, 5.74) is 5.28. The summed E-state index contributed by atoms with van der Waals surface area (Å²) in [5, 5.41) is 2.98. The van der Waals surface area contributed by atoms with Crippen LogP contribution in [-0.2, 0) is 11.3 Å². The Morgan fingerprint density at radius 2 is 1.78 bits per heavy atom. The van der Waals surface area contributed by atoms with Gasteiger partial charge < -0.3 is 10.2 Å². The second-order valence-corrected chi connectivity index (χ2v) is 8.03. The molecule has 0 aliphatic carbocycles. The molecule has 5 rings (SSSR count). The first-order valence-electron chi connectivity index (χ1n) is 10.8. The van der Waals surface area contributed by atoms with Crippen molar-refractivity contribution in [3.63, 3.8) is 0 Å². The summed E-state index contributed by atoms with van der Waals surface area (Å²) in [5.74, 6) is 0.907. The number of fused-ring (bicyclic) bond motifs is 1. The Morgan fingerprint density at radius 1 is 1.00 bits per heavy atom. The van der Waals surface area contributed by atoms with Crippen LogP contribution in [0, 0.1) is 6.92 Å².